The van der Waals surface area contributed by atoms with Crippen LogP contribution in [0.2, 0.25) is 0 Å². The van der Waals surface area contributed by atoms with Gasteiger partial charge < -0.3 is 14.5 Å². The Morgan fingerprint density at radius 1 is 1.58 bits per heavy atom. The van der Waals surface area contributed by atoms with Crippen LogP contribution in [-0.4, -0.2) is 34.4 Å². The van der Waals surface area contributed by atoms with Gasteiger partial charge >= 0.3 is 5.97 Å². The molecule has 1 aliphatic rings. The number of carbonyl (C=O) groups excluding carboxylic acids is 1. The number of thioether (sulfide) groups is 1. The van der Waals surface area contributed by atoms with Crippen molar-refractivity contribution < 1.29 is 14.3 Å². The van der Waals surface area contributed by atoms with Crippen LogP contribution < -0.4 is 4.74 Å². The van der Waals surface area contributed by atoms with Gasteiger partial charge in [-0.05, 0) is 19.1 Å². The summed E-state index contributed by atoms with van der Waals surface area (Å²) >= 11 is 1.42. The molecular formula is C13H14N2O3S. The third kappa shape index (κ3) is 2.53. The van der Waals surface area contributed by atoms with E-state index in [1.165, 1.54) is 11.8 Å². The minimum atomic E-state index is -0.152. The predicted molar refractivity (Wildman–Crippen MR) is 72.5 cm³/mol. The molecule has 1 aromatic heterocycles. The van der Waals surface area contributed by atoms with Gasteiger partial charge in [0.15, 0.2) is 5.16 Å². The first kappa shape index (κ1) is 12.3. The SMILES string of the molecule is CCOc1ccc2nc(S[C@H]3CCOC3=O)[nH]c2c1. The molecule has 0 aliphatic carbocycles. The highest BCUT2D eigenvalue weighted by Crippen LogP contribution is 2.29. The fourth-order valence-electron chi connectivity index (χ4n) is 2.00. The third-order valence-corrected chi connectivity index (χ3v) is 4.01. The summed E-state index contributed by atoms with van der Waals surface area (Å²) in [4.78, 5) is 19.1. The number of aromatic nitrogens is 2. The molecule has 0 amide bonds. The van der Waals surface area contributed by atoms with Gasteiger partial charge in [-0.25, -0.2) is 4.98 Å². The van der Waals surface area contributed by atoms with E-state index in [9.17, 15) is 4.79 Å². The summed E-state index contributed by atoms with van der Waals surface area (Å²) in [5.74, 6) is 0.663. The molecule has 0 saturated carbocycles. The van der Waals surface area contributed by atoms with Gasteiger partial charge in [0.25, 0.3) is 0 Å². The zero-order valence-corrected chi connectivity index (χ0v) is 11.3. The van der Waals surface area contributed by atoms with Gasteiger partial charge in [0.1, 0.15) is 11.0 Å². The maximum Gasteiger partial charge on any atom is 0.319 e. The highest BCUT2D eigenvalue weighted by molar-refractivity contribution is 8.00. The summed E-state index contributed by atoms with van der Waals surface area (Å²) in [6, 6.07) is 5.72. The quantitative estimate of drug-likeness (QED) is 0.870. The highest BCUT2D eigenvalue weighted by atomic mass is 32.2. The number of imidazole rings is 1. The fraction of sp³-hybridized carbons (Fsp3) is 0.385. The molecule has 19 heavy (non-hydrogen) atoms. The van der Waals surface area contributed by atoms with E-state index in [0.29, 0.717) is 13.2 Å². The van der Waals surface area contributed by atoms with Crippen molar-refractivity contribution in [3.8, 4) is 5.75 Å². The van der Waals surface area contributed by atoms with E-state index < -0.39 is 0 Å². The lowest BCUT2D eigenvalue weighted by atomic mass is 10.3. The van der Waals surface area contributed by atoms with Crippen molar-refractivity contribution in [3.63, 3.8) is 0 Å². The van der Waals surface area contributed by atoms with Crippen molar-refractivity contribution in [2.45, 2.75) is 23.8 Å². The summed E-state index contributed by atoms with van der Waals surface area (Å²) in [7, 11) is 0. The second kappa shape index (κ2) is 5.13. The van der Waals surface area contributed by atoms with E-state index in [4.69, 9.17) is 9.47 Å². The summed E-state index contributed by atoms with van der Waals surface area (Å²) in [6.07, 6.45) is 0.741. The van der Waals surface area contributed by atoms with E-state index in [1.807, 2.05) is 25.1 Å². The minimum absolute atomic E-state index is 0.146. The Morgan fingerprint density at radius 3 is 3.21 bits per heavy atom. The Labute approximate surface area is 114 Å². The first-order chi connectivity index (χ1) is 9.26. The summed E-state index contributed by atoms with van der Waals surface area (Å²) in [5, 5.41) is 0.597. The lowest BCUT2D eigenvalue weighted by molar-refractivity contribution is -0.137. The molecule has 0 radical (unpaired) electrons. The monoisotopic (exact) mass is 278 g/mol. The van der Waals surface area contributed by atoms with E-state index >= 15 is 0 Å². The van der Waals surface area contributed by atoms with Gasteiger partial charge in [-0.2, -0.15) is 0 Å². The molecule has 0 unspecified atom stereocenters. The largest absolute Gasteiger partial charge is 0.494 e. The number of nitrogens with zero attached hydrogens (tertiary/aromatic N) is 1. The molecule has 100 valence electrons. The number of hydrogen-bond donors (Lipinski definition) is 1. The third-order valence-electron chi connectivity index (χ3n) is 2.88. The summed E-state index contributed by atoms with van der Waals surface area (Å²) < 4.78 is 10.4. The number of cyclic esters (lactones) is 1. The zero-order valence-electron chi connectivity index (χ0n) is 10.5. The molecule has 1 atom stereocenters. The Balaban J connectivity index is 1.82. The van der Waals surface area contributed by atoms with Crippen molar-refractivity contribution in [2.24, 2.45) is 0 Å². The number of fused-ring (bicyclic) bond motifs is 1. The molecule has 6 heteroatoms. The average molecular weight is 278 g/mol. The van der Waals surface area contributed by atoms with Crippen LogP contribution in [0.25, 0.3) is 11.0 Å². The molecule has 5 nitrogen and oxygen atoms in total. The molecule has 0 bridgehead atoms. The molecule has 1 N–H and O–H groups in total. The topological polar surface area (TPSA) is 64.2 Å². The van der Waals surface area contributed by atoms with Gasteiger partial charge in [0.2, 0.25) is 0 Å². The van der Waals surface area contributed by atoms with Gasteiger partial charge in [-0.1, -0.05) is 11.8 Å². The molecule has 1 fully saturated rings. The minimum Gasteiger partial charge on any atom is -0.494 e. The van der Waals surface area contributed by atoms with Gasteiger partial charge in [-0.3, -0.25) is 4.79 Å². The predicted octanol–water partition coefficient (Wildman–Crippen LogP) is 2.37. The Kier molecular flexibility index (Phi) is 3.33. The van der Waals surface area contributed by atoms with Crippen LogP contribution in [0.5, 0.6) is 5.75 Å². The fourth-order valence-corrected chi connectivity index (χ4v) is 2.96. The van der Waals surface area contributed by atoms with Gasteiger partial charge in [-0.15, -0.1) is 0 Å². The number of H-pyrrole nitrogens is 1. The number of nitrogens with one attached hydrogen (secondary N) is 1. The first-order valence-electron chi connectivity index (χ1n) is 6.22. The van der Waals surface area contributed by atoms with E-state index in [2.05, 4.69) is 9.97 Å². The summed E-state index contributed by atoms with van der Waals surface area (Å²) in [5.41, 5.74) is 1.79. The van der Waals surface area contributed by atoms with E-state index in [-0.39, 0.29) is 11.2 Å². The molecule has 2 heterocycles. The maximum atomic E-state index is 11.4. The molecule has 1 aromatic carbocycles. The van der Waals surface area contributed by atoms with Crippen LogP contribution in [-0.2, 0) is 9.53 Å². The van der Waals surface area contributed by atoms with Crippen LogP contribution in [0.15, 0.2) is 23.4 Å². The second-order valence-corrected chi connectivity index (χ2v) is 5.41. The molecule has 3 rings (SSSR count). The number of hydrogen-bond acceptors (Lipinski definition) is 5. The number of aromatic amines is 1. The van der Waals surface area contributed by atoms with Crippen molar-refractivity contribution in [1.82, 2.24) is 9.97 Å². The van der Waals surface area contributed by atoms with E-state index in [0.717, 1.165) is 28.4 Å². The van der Waals surface area contributed by atoms with Crippen molar-refractivity contribution in [3.05, 3.63) is 18.2 Å². The number of carbonyl (C=O) groups is 1. The van der Waals surface area contributed by atoms with Crippen LogP contribution >= 0.6 is 11.8 Å². The molecule has 1 aliphatic heterocycles. The van der Waals surface area contributed by atoms with Crippen LogP contribution in [0.1, 0.15) is 13.3 Å². The first-order valence-corrected chi connectivity index (χ1v) is 7.10. The Hall–Kier alpha value is -1.69. The molecule has 2 aromatic rings. The summed E-state index contributed by atoms with van der Waals surface area (Å²) in [6.45, 7) is 3.09. The Morgan fingerprint density at radius 2 is 2.47 bits per heavy atom. The van der Waals surface area contributed by atoms with Crippen molar-refractivity contribution >= 4 is 28.8 Å². The lowest BCUT2D eigenvalue weighted by Gasteiger charge is -2.01. The van der Waals surface area contributed by atoms with Crippen LogP contribution in [0, 0.1) is 0 Å². The van der Waals surface area contributed by atoms with Crippen molar-refractivity contribution in [2.75, 3.05) is 13.2 Å². The number of rotatable bonds is 4. The number of ether oxygens (including phenoxy) is 2. The van der Waals surface area contributed by atoms with Gasteiger partial charge in [0, 0.05) is 12.5 Å². The molecule has 0 spiro atoms. The normalized spacial score (nSPS) is 18.8. The molecule has 1 saturated heterocycles. The Bertz CT molecular complexity index is 611. The van der Waals surface area contributed by atoms with Gasteiger partial charge in [0.05, 0.1) is 24.2 Å². The second-order valence-electron chi connectivity index (χ2n) is 4.22. The van der Waals surface area contributed by atoms with Crippen molar-refractivity contribution in [1.29, 1.82) is 0 Å². The maximum absolute atomic E-state index is 11.4. The van der Waals surface area contributed by atoms with Crippen LogP contribution in [0.3, 0.4) is 0 Å². The van der Waals surface area contributed by atoms with Crippen LogP contribution in [0.4, 0.5) is 0 Å². The molecular weight excluding hydrogens is 264 g/mol. The standard InChI is InChI=1S/C13H14N2O3S/c1-2-17-8-3-4-9-10(7-8)15-13(14-9)19-11-5-6-18-12(11)16/h3-4,7,11H,2,5-6H2,1H3,(H,14,15)/t11-/m0/s1. The highest BCUT2D eigenvalue weighted by Gasteiger charge is 2.28. The van der Waals surface area contributed by atoms with E-state index in [1.54, 1.807) is 0 Å². The smallest absolute Gasteiger partial charge is 0.319 e. The number of esters is 1. The average Bonchev–Trinajstić information content (AvgIpc) is 2.96. The zero-order chi connectivity index (χ0) is 13.2. The number of benzene rings is 1. The lowest BCUT2D eigenvalue weighted by Crippen LogP contribution is -2.09.